The van der Waals surface area contributed by atoms with Crippen LogP contribution in [0.15, 0.2) is 73.2 Å². The third-order valence-corrected chi connectivity index (χ3v) is 6.64. The van der Waals surface area contributed by atoms with Crippen molar-refractivity contribution in [3.8, 4) is 0 Å². The monoisotopic (exact) mass is 568 g/mol. The molecule has 0 aliphatic carbocycles. The molecule has 0 aromatic carbocycles. The minimum atomic E-state index is -1.76. The van der Waals surface area contributed by atoms with E-state index in [1.807, 2.05) is 59.5 Å². The van der Waals surface area contributed by atoms with Gasteiger partial charge in [0.05, 0.1) is 30.2 Å². The van der Waals surface area contributed by atoms with Crippen LogP contribution < -0.4 is 0 Å². The number of rotatable bonds is 17. The zero-order chi connectivity index (χ0) is 29.6. The lowest BCUT2D eigenvalue weighted by Crippen LogP contribution is -2.51. The van der Waals surface area contributed by atoms with Gasteiger partial charge in [-0.2, -0.15) is 0 Å². The molecule has 0 saturated heterocycles. The summed E-state index contributed by atoms with van der Waals surface area (Å²) in [5.41, 5.74) is 2.62. The molecule has 4 atom stereocenters. The van der Waals surface area contributed by atoms with Gasteiger partial charge in [-0.1, -0.05) is 18.2 Å². The van der Waals surface area contributed by atoms with Gasteiger partial charge in [0.15, 0.2) is 0 Å². The lowest BCUT2D eigenvalue weighted by Gasteiger charge is -2.31. The highest BCUT2D eigenvalue weighted by Gasteiger charge is 2.31. The molecule has 1 amide bonds. The summed E-state index contributed by atoms with van der Waals surface area (Å²) >= 11 is 0. The Morgan fingerprint density at radius 2 is 1.15 bits per heavy atom. The van der Waals surface area contributed by atoms with Crippen LogP contribution in [-0.2, 0) is 24.4 Å². The van der Waals surface area contributed by atoms with E-state index in [4.69, 9.17) is 5.11 Å². The van der Waals surface area contributed by atoms with E-state index in [0.717, 1.165) is 17.1 Å². The van der Waals surface area contributed by atoms with Crippen molar-refractivity contribution in [3.63, 3.8) is 0 Å². The lowest BCUT2D eigenvalue weighted by molar-refractivity contribution is -0.139. The van der Waals surface area contributed by atoms with Crippen LogP contribution in [0.1, 0.15) is 17.1 Å². The predicted molar refractivity (Wildman–Crippen MR) is 151 cm³/mol. The van der Waals surface area contributed by atoms with Crippen LogP contribution in [0, 0.1) is 0 Å². The number of carbonyl (C=O) groups is 1. The Labute approximate surface area is 240 Å². The van der Waals surface area contributed by atoms with Crippen molar-refractivity contribution >= 4 is 5.91 Å². The Balaban J connectivity index is 1.68. The number of likely N-dealkylation sites (N-methyl/N-ethyl adjacent to an activating group) is 1. The number of aliphatic hydroxyl groups excluding tert-OH is 5. The summed E-state index contributed by atoms with van der Waals surface area (Å²) in [7, 11) is 1.49. The van der Waals surface area contributed by atoms with E-state index in [-0.39, 0.29) is 19.0 Å². The first kappa shape index (κ1) is 32.2. The Morgan fingerprint density at radius 3 is 1.59 bits per heavy atom. The van der Waals surface area contributed by atoms with Gasteiger partial charge in [0, 0.05) is 64.9 Å². The van der Waals surface area contributed by atoms with Crippen molar-refractivity contribution in [1.29, 1.82) is 0 Å². The minimum absolute atomic E-state index is 0.0126. The molecule has 0 radical (unpaired) electrons. The molecule has 0 fully saturated rings. The maximum absolute atomic E-state index is 13.2. The molecule has 0 saturated carbocycles. The predicted octanol–water partition coefficient (Wildman–Crippen LogP) is -0.730. The van der Waals surface area contributed by atoms with Crippen LogP contribution in [-0.4, -0.2) is 125 Å². The van der Waals surface area contributed by atoms with Gasteiger partial charge in [-0.25, -0.2) is 0 Å². The van der Waals surface area contributed by atoms with Gasteiger partial charge in [-0.05, 0) is 36.4 Å². The number of amides is 1. The van der Waals surface area contributed by atoms with Gasteiger partial charge in [0.1, 0.15) is 24.4 Å². The van der Waals surface area contributed by atoms with Crippen molar-refractivity contribution in [2.24, 2.45) is 0 Å². The second-order valence-electron chi connectivity index (χ2n) is 9.96. The van der Waals surface area contributed by atoms with Crippen LogP contribution in [0.2, 0.25) is 0 Å². The smallest absolute Gasteiger partial charge is 0.236 e. The molecular weight excluding hydrogens is 528 g/mol. The largest absolute Gasteiger partial charge is 0.394 e. The molecule has 0 bridgehead atoms. The van der Waals surface area contributed by atoms with Gasteiger partial charge in [0.2, 0.25) is 5.91 Å². The van der Waals surface area contributed by atoms with Crippen LogP contribution in [0.5, 0.6) is 0 Å². The van der Waals surface area contributed by atoms with E-state index in [2.05, 4.69) is 19.9 Å². The molecule has 0 spiro atoms. The molecule has 3 heterocycles. The van der Waals surface area contributed by atoms with E-state index < -0.39 is 31.0 Å². The van der Waals surface area contributed by atoms with E-state index in [9.17, 15) is 25.2 Å². The fourth-order valence-corrected chi connectivity index (χ4v) is 4.24. The summed E-state index contributed by atoms with van der Waals surface area (Å²) in [6, 6.07) is 17.1. The lowest BCUT2D eigenvalue weighted by atomic mass is 10.0. The number of aromatic nitrogens is 3. The molecule has 4 unspecified atom stereocenters. The Bertz CT molecular complexity index is 1100. The van der Waals surface area contributed by atoms with E-state index in [0.29, 0.717) is 32.7 Å². The van der Waals surface area contributed by atoms with Gasteiger partial charge in [-0.3, -0.25) is 29.5 Å². The van der Waals surface area contributed by atoms with E-state index >= 15 is 0 Å². The number of carbonyl (C=O) groups excluding carboxylic acids is 1. The zero-order valence-electron chi connectivity index (χ0n) is 23.2. The number of nitrogens with zero attached hydrogens (tertiary/aromatic N) is 6. The third-order valence-electron chi connectivity index (χ3n) is 6.64. The summed E-state index contributed by atoms with van der Waals surface area (Å²) in [5, 5.41) is 48.9. The summed E-state index contributed by atoms with van der Waals surface area (Å²) < 4.78 is 0. The van der Waals surface area contributed by atoms with Gasteiger partial charge < -0.3 is 30.4 Å². The Hall–Kier alpha value is -3.36. The Morgan fingerprint density at radius 1 is 0.707 bits per heavy atom. The standard InChI is InChI=1S/C29H40N6O6/c1-33(19-25(37)28(40)29(41)26(38)21-36)27(39)20-35(18-24-10-4-7-13-32-24)15-14-34(16-22-8-2-5-11-30-22)17-23-9-3-6-12-31-23/h2-13,25-26,28-29,36-38,40-41H,14-21H2,1H3. The van der Waals surface area contributed by atoms with Gasteiger partial charge in [-0.15, -0.1) is 0 Å². The summed E-state index contributed by atoms with van der Waals surface area (Å²) in [5.74, 6) is -0.314. The topological polar surface area (TPSA) is 167 Å². The van der Waals surface area contributed by atoms with Crippen molar-refractivity contribution in [2.45, 2.75) is 44.1 Å². The second kappa shape index (κ2) is 16.8. The molecule has 222 valence electrons. The minimum Gasteiger partial charge on any atom is -0.394 e. The fraction of sp³-hybridized carbons (Fsp3) is 0.448. The number of pyridine rings is 3. The summed E-state index contributed by atoms with van der Waals surface area (Å²) in [6.45, 7) is 1.67. The highest BCUT2D eigenvalue weighted by molar-refractivity contribution is 5.78. The summed E-state index contributed by atoms with van der Waals surface area (Å²) in [6.07, 6.45) is -1.45. The van der Waals surface area contributed by atoms with Crippen molar-refractivity contribution in [2.75, 3.05) is 39.8 Å². The van der Waals surface area contributed by atoms with E-state index in [1.165, 1.54) is 11.9 Å². The Kier molecular flexibility index (Phi) is 13.2. The molecule has 3 aromatic rings. The normalized spacial score (nSPS) is 14.5. The highest BCUT2D eigenvalue weighted by atomic mass is 16.4. The molecule has 12 heteroatoms. The SMILES string of the molecule is CN(CC(O)C(O)C(O)C(O)CO)C(=O)CN(CCN(Cc1ccccn1)Cc1ccccn1)Cc1ccccn1. The third kappa shape index (κ3) is 10.9. The molecule has 12 nitrogen and oxygen atoms in total. The van der Waals surface area contributed by atoms with Gasteiger partial charge in [0.25, 0.3) is 0 Å². The molecule has 41 heavy (non-hydrogen) atoms. The van der Waals surface area contributed by atoms with Crippen LogP contribution in [0.3, 0.4) is 0 Å². The maximum atomic E-state index is 13.2. The molecule has 0 aliphatic rings. The highest BCUT2D eigenvalue weighted by Crippen LogP contribution is 2.10. The van der Waals surface area contributed by atoms with E-state index in [1.54, 1.807) is 18.6 Å². The van der Waals surface area contributed by atoms with Crippen LogP contribution in [0.4, 0.5) is 0 Å². The average Bonchev–Trinajstić information content (AvgIpc) is 3.00. The fourth-order valence-electron chi connectivity index (χ4n) is 4.24. The van der Waals surface area contributed by atoms with Crippen LogP contribution >= 0.6 is 0 Å². The molecule has 0 aliphatic heterocycles. The first-order valence-electron chi connectivity index (χ1n) is 13.5. The molecule has 5 N–H and O–H groups in total. The first-order valence-corrected chi connectivity index (χ1v) is 13.5. The number of hydrogen-bond acceptors (Lipinski definition) is 11. The molecular formula is C29H40N6O6. The molecule has 3 aromatic heterocycles. The van der Waals surface area contributed by atoms with Crippen LogP contribution in [0.25, 0.3) is 0 Å². The van der Waals surface area contributed by atoms with Crippen molar-refractivity contribution in [3.05, 3.63) is 90.3 Å². The molecule has 3 rings (SSSR count). The number of aliphatic hydroxyl groups is 5. The van der Waals surface area contributed by atoms with Crippen molar-refractivity contribution in [1.82, 2.24) is 29.7 Å². The van der Waals surface area contributed by atoms with Crippen molar-refractivity contribution < 1.29 is 30.3 Å². The maximum Gasteiger partial charge on any atom is 0.236 e. The quantitative estimate of drug-likeness (QED) is 0.139. The first-order chi connectivity index (χ1) is 19.8. The average molecular weight is 569 g/mol. The second-order valence-corrected chi connectivity index (χ2v) is 9.96. The summed E-state index contributed by atoms with van der Waals surface area (Å²) in [4.78, 5) is 31.9. The van der Waals surface area contributed by atoms with Gasteiger partial charge >= 0.3 is 0 Å². The number of hydrogen-bond donors (Lipinski definition) is 5. The zero-order valence-corrected chi connectivity index (χ0v) is 23.2.